The summed E-state index contributed by atoms with van der Waals surface area (Å²) in [6.07, 6.45) is 1.36. The summed E-state index contributed by atoms with van der Waals surface area (Å²) in [7, 11) is 1.33. The maximum absolute atomic E-state index is 11.3. The number of hydrogen-bond donors (Lipinski definition) is 0. The molecule has 0 fully saturated rings. The van der Waals surface area contributed by atoms with Crippen molar-refractivity contribution < 1.29 is 14.1 Å². The number of aromatic nitrogens is 1. The molecule has 0 aromatic carbocycles. The summed E-state index contributed by atoms with van der Waals surface area (Å²) < 4.78 is 9.59. The number of hydrogen-bond acceptors (Lipinski definition) is 5. The fraction of sp³-hybridized carbons (Fsp3) is 0.111. The van der Waals surface area contributed by atoms with Crippen LogP contribution in [0, 0.1) is 0 Å². The highest BCUT2D eigenvalue weighted by atomic mass is 32.1. The number of esters is 1. The van der Waals surface area contributed by atoms with Crippen LogP contribution < -0.4 is 0 Å². The van der Waals surface area contributed by atoms with Crippen molar-refractivity contribution in [3.05, 3.63) is 29.3 Å². The van der Waals surface area contributed by atoms with Crippen molar-refractivity contribution in [3.8, 4) is 10.6 Å². The summed E-state index contributed by atoms with van der Waals surface area (Å²) in [6.45, 7) is 0. The van der Waals surface area contributed by atoms with Crippen molar-refractivity contribution in [2.75, 3.05) is 7.11 Å². The Balaban J connectivity index is 2.45. The van der Waals surface area contributed by atoms with Crippen molar-refractivity contribution >= 4 is 17.3 Å². The highest BCUT2D eigenvalue weighted by molar-refractivity contribution is 7.13. The number of ether oxygens (including phenoxy) is 1. The monoisotopic (exact) mass is 209 g/mol. The quantitative estimate of drug-likeness (QED) is 0.711. The molecular formula is C9H7NO3S. The van der Waals surface area contributed by atoms with Gasteiger partial charge in [0.2, 0.25) is 0 Å². The summed E-state index contributed by atoms with van der Waals surface area (Å²) in [5.74, 6) is 0.0292. The van der Waals surface area contributed by atoms with E-state index in [4.69, 9.17) is 4.52 Å². The zero-order chi connectivity index (χ0) is 9.97. The van der Waals surface area contributed by atoms with Crippen LogP contribution in [0.3, 0.4) is 0 Å². The Morgan fingerprint density at radius 2 is 2.50 bits per heavy atom. The molecule has 0 atom stereocenters. The van der Waals surface area contributed by atoms with Gasteiger partial charge in [0.1, 0.15) is 5.56 Å². The lowest BCUT2D eigenvalue weighted by molar-refractivity contribution is 0.0601. The topological polar surface area (TPSA) is 52.3 Å². The highest BCUT2D eigenvalue weighted by Gasteiger charge is 2.18. The molecular weight excluding hydrogens is 202 g/mol. The minimum Gasteiger partial charge on any atom is -0.465 e. The molecule has 0 saturated carbocycles. The van der Waals surface area contributed by atoms with Crippen LogP contribution in [0.25, 0.3) is 10.6 Å². The summed E-state index contributed by atoms with van der Waals surface area (Å²) >= 11 is 1.48. The van der Waals surface area contributed by atoms with Gasteiger partial charge in [-0.05, 0) is 11.4 Å². The molecule has 4 nitrogen and oxygen atoms in total. The average Bonchev–Trinajstić information content (AvgIpc) is 2.85. The number of methoxy groups -OCH3 is 1. The highest BCUT2D eigenvalue weighted by Crippen LogP contribution is 2.27. The smallest absolute Gasteiger partial charge is 0.343 e. The molecule has 72 valence electrons. The minimum atomic E-state index is -0.436. The molecule has 2 rings (SSSR count). The Kier molecular flexibility index (Phi) is 2.32. The van der Waals surface area contributed by atoms with Gasteiger partial charge in [0.25, 0.3) is 0 Å². The van der Waals surface area contributed by atoms with Crippen LogP contribution in [0.15, 0.2) is 28.2 Å². The van der Waals surface area contributed by atoms with E-state index < -0.39 is 5.97 Å². The lowest BCUT2D eigenvalue weighted by atomic mass is 10.2. The SMILES string of the molecule is COC(=O)c1cnoc1-c1cccs1. The van der Waals surface area contributed by atoms with Gasteiger partial charge in [-0.1, -0.05) is 11.2 Å². The van der Waals surface area contributed by atoms with Gasteiger partial charge in [-0.15, -0.1) is 11.3 Å². The lowest BCUT2D eigenvalue weighted by Gasteiger charge is -1.95. The Morgan fingerprint density at radius 1 is 1.64 bits per heavy atom. The second-order valence-corrected chi connectivity index (χ2v) is 3.49. The van der Waals surface area contributed by atoms with Crippen molar-refractivity contribution in [2.45, 2.75) is 0 Å². The van der Waals surface area contributed by atoms with Crippen molar-refractivity contribution in [1.29, 1.82) is 0 Å². The van der Waals surface area contributed by atoms with Crippen LogP contribution in [0.4, 0.5) is 0 Å². The number of nitrogens with zero attached hydrogens (tertiary/aromatic N) is 1. The molecule has 2 aromatic rings. The van der Waals surface area contributed by atoms with E-state index >= 15 is 0 Å². The molecule has 0 aliphatic rings. The molecule has 0 aliphatic carbocycles. The van der Waals surface area contributed by atoms with E-state index in [0.717, 1.165) is 4.88 Å². The first-order chi connectivity index (χ1) is 6.83. The normalized spacial score (nSPS) is 10.1. The molecule has 0 aliphatic heterocycles. The van der Waals surface area contributed by atoms with Gasteiger partial charge in [-0.3, -0.25) is 0 Å². The number of rotatable bonds is 2. The summed E-state index contributed by atoms with van der Waals surface area (Å²) in [5.41, 5.74) is 0.356. The maximum Gasteiger partial charge on any atom is 0.343 e. The molecule has 5 heteroatoms. The summed E-state index contributed by atoms with van der Waals surface area (Å²) in [6, 6.07) is 3.74. The standard InChI is InChI=1S/C9H7NO3S/c1-12-9(11)6-5-10-13-8(6)7-3-2-4-14-7/h2-5H,1H3. The van der Waals surface area contributed by atoms with Crippen LogP contribution >= 0.6 is 11.3 Å². The van der Waals surface area contributed by atoms with Crippen LogP contribution in [0.1, 0.15) is 10.4 Å². The van der Waals surface area contributed by atoms with E-state index in [2.05, 4.69) is 9.89 Å². The molecule has 14 heavy (non-hydrogen) atoms. The molecule has 0 radical (unpaired) electrons. The Labute approximate surface area is 84.1 Å². The van der Waals surface area contributed by atoms with Gasteiger partial charge in [-0.2, -0.15) is 0 Å². The van der Waals surface area contributed by atoms with E-state index in [1.807, 2.05) is 17.5 Å². The van der Waals surface area contributed by atoms with Crippen LogP contribution in [0.5, 0.6) is 0 Å². The first-order valence-corrected chi connectivity index (χ1v) is 4.77. The average molecular weight is 209 g/mol. The molecule has 0 N–H and O–H groups in total. The van der Waals surface area contributed by atoms with Gasteiger partial charge in [0, 0.05) is 0 Å². The summed E-state index contributed by atoms with van der Waals surface area (Å²) in [4.78, 5) is 12.1. The predicted octanol–water partition coefficient (Wildman–Crippen LogP) is 2.19. The predicted molar refractivity (Wildman–Crippen MR) is 51.2 cm³/mol. The van der Waals surface area contributed by atoms with Crippen molar-refractivity contribution in [3.63, 3.8) is 0 Å². The fourth-order valence-corrected chi connectivity index (χ4v) is 1.80. The van der Waals surface area contributed by atoms with Gasteiger partial charge >= 0.3 is 5.97 Å². The van der Waals surface area contributed by atoms with Crippen LogP contribution in [0.2, 0.25) is 0 Å². The third-order valence-corrected chi connectivity index (χ3v) is 2.59. The molecule has 0 spiro atoms. The van der Waals surface area contributed by atoms with E-state index in [1.54, 1.807) is 0 Å². The molecule has 0 bridgehead atoms. The van der Waals surface area contributed by atoms with Crippen LogP contribution in [-0.2, 0) is 4.74 Å². The lowest BCUT2D eigenvalue weighted by Crippen LogP contribution is -2.00. The third kappa shape index (κ3) is 1.42. The van der Waals surface area contributed by atoms with Gasteiger partial charge in [0.15, 0.2) is 5.76 Å². The van der Waals surface area contributed by atoms with Crippen LogP contribution in [-0.4, -0.2) is 18.2 Å². The van der Waals surface area contributed by atoms with Gasteiger partial charge in [0.05, 0.1) is 18.2 Å². The number of carbonyl (C=O) groups is 1. The second-order valence-electron chi connectivity index (χ2n) is 2.54. The largest absolute Gasteiger partial charge is 0.465 e. The first-order valence-electron chi connectivity index (χ1n) is 3.90. The van der Waals surface area contributed by atoms with Crippen molar-refractivity contribution in [2.24, 2.45) is 0 Å². The molecule has 0 saturated heterocycles. The van der Waals surface area contributed by atoms with E-state index in [1.165, 1.54) is 24.6 Å². The molecule has 2 aromatic heterocycles. The fourth-order valence-electron chi connectivity index (χ4n) is 1.08. The van der Waals surface area contributed by atoms with Gasteiger partial charge < -0.3 is 9.26 Å². The Bertz CT molecular complexity index is 433. The number of carbonyl (C=O) groups excluding carboxylic acids is 1. The molecule has 0 unspecified atom stereocenters. The zero-order valence-electron chi connectivity index (χ0n) is 7.39. The minimum absolute atomic E-state index is 0.356. The van der Waals surface area contributed by atoms with E-state index in [9.17, 15) is 4.79 Å². The third-order valence-electron chi connectivity index (χ3n) is 1.72. The Hall–Kier alpha value is -1.62. The zero-order valence-corrected chi connectivity index (χ0v) is 8.21. The van der Waals surface area contributed by atoms with E-state index in [-0.39, 0.29) is 0 Å². The van der Waals surface area contributed by atoms with Gasteiger partial charge in [-0.25, -0.2) is 4.79 Å². The maximum atomic E-state index is 11.3. The van der Waals surface area contributed by atoms with Crippen molar-refractivity contribution in [1.82, 2.24) is 5.16 Å². The summed E-state index contributed by atoms with van der Waals surface area (Å²) in [5, 5.41) is 5.48. The second kappa shape index (κ2) is 3.63. The Morgan fingerprint density at radius 3 is 3.14 bits per heavy atom. The first kappa shape index (κ1) is 8.96. The molecule has 2 heterocycles. The van der Waals surface area contributed by atoms with E-state index in [0.29, 0.717) is 11.3 Å². The number of thiophene rings is 1. The molecule has 0 amide bonds.